The van der Waals surface area contributed by atoms with E-state index < -0.39 is 23.4 Å². The quantitative estimate of drug-likeness (QED) is 0.340. The van der Waals surface area contributed by atoms with Gasteiger partial charge < -0.3 is 20.5 Å². The van der Waals surface area contributed by atoms with Gasteiger partial charge in [-0.2, -0.15) is 0 Å². The van der Waals surface area contributed by atoms with Crippen LogP contribution in [0.3, 0.4) is 0 Å². The van der Waals surface area contributed by atoms with Crippen molar-refractivity contribution in [2.75, 3.05) is 19.0 Å². The molecule has 1 unspecified atom stereocenters. The number of benzene rings is 3. The van der Waals surface area contributed by atoms with Crippen LogP contribution in [-0.2, 0) is 14.3 Å². The number of aromatic nitrogens is 1. The molecule has 0 radical (unpaired) electrons. The highest BCUT2D eigenvalue weighted by atomic mass is 32.1. The molecular formula is C31H27N3O5S. The van der Waals surface area contributed by atoms with Gasteiger partial charge in [0, 0.05) is 5.69 Å². The number of thiazole rings is 1. The number of methoxy groups -OCH3 is 1. The number of carbonyl (C=O) groups excluding carboxylic acids is 2. The monoisotopic (exact) mass is 553 g/mol. The number of anilines is 1. The Morgan fingerprint density at radius 1 is 0.975 bits per heavy atom. The van der Waals surface area contributed by atoms with Gasteiger partial charge in [0.05, 0.1) is 35.3 Å². The highest BCUT2D eigenvalue weighted by molar-refractivity contribution is 7.07. The molecule has 9 heteroatoms. The van der Waals surface area contributed by atoms with E-state index in [-0.39, 0.29) is 23.6 Å². The van der Waals surface area contributed by atoms with Gasteiger partial charge in [-0.15, -0.1) is 11.3 Å². The van der Waals surface area contributed by atoms with Crippen molar-refractivity contribution >= 4 is 46.4 Å². The Labute approximate surface area is 234 Å². The molecule has 1 aromatic heterocycles. The molecule has 40 heavy (non-hydrogen) atoms. The molecule has 2 heterocycles. The second kappa shape index (κ2) is 11.5. The van der Waals surface area contributed by atoms with Crippen LogP contribution in [0, 0.1) is 0 Å². The second-order valence-corrected chi connectivity index (χ2v) is 9.96. The molecule has 202 valence electrons. The number of nitrogens with two attached hydrogens (primary N) is 1. The van der Waals surface area contributed by atoms with E-state index >= 15 is 0 Å². The molecule has 0 bridgehead atoms. The summed E-state index contributed by atoms with van der Waals surface area (Å²) in [4.78, 5) is 41.1. The fourth-order valence-corrected chi connectivity index (χ4v) is 5.80. The Balaban J connectivity index is 1.80. The third-order valence-corrected chi connectivity index (χ3v) is 7.57. The first-order valence-electron chi connectivity index (χ1n) is 12.6. The van der Waals surface area contributed by atoms with Crippen LogP contribution in [0.1, 0.15) is 24.0 Å². The number of nitrogens with zero attached hydrogens (tertiary/aromatic N) is 1. The van der Waals surface area contributed by atoms with Crippen LogP contribution < -0.4 is 30.5 Å². The summed E-state index contributed by atoms with van der Waals surface area (Å²) < 4.78 is 12.6. The van der Waals surface area contributed by atoms with Crippen LogP contribution in [0.2, 0.25) is 0 Å². The van der Waals surface area contributed by atoms with Crippen molar-refractivity contribution in [1.29, 1.82) is 0 Å². The van der Waals surface area contributed by atoms with Gasteiger partial charge >= 0.3 is 5.97 Å². The zero-order valence-electron chi connectivity index (χ0n) is 21.9. The standard InChI is InChI=1S/C31H27N3O5S/c1-3-39-31(37)25-24(20-12-8-5-9-13-20)26(28(35)33-21-14-16-22(38-2)17-15-21)30-34(27(25)32)29(36)23(40-30)18-19-10-6-4-7-11-19/h4-18,24H,3,32H2,1-2H3,(H,33,35)/b23-18-. The minimum absolute atomic E-state index is 0.0339. The summed E-state index contributed by atoms with van der Waals surface area (Å²) in [5, 5.41) is 2.92. The number of rotatable bonds is 7. The van der Waals surface area contributed by atoms with E-state index in [2.05, 4.69) is 5.32 Å². The van der Waals surface area contributed by atoms with Crippen LogP contribution in [0.25, 0.3) is 17.5 Å². The van der Waals surface area contributed by atoms with Gasteiger partial charge in [0.2, 0.25) is 0 Å². The Hall–Kier alpha value is -4.89. The Morgan fingerprint density at radius 2 is 1.62 bits per heavy atom. The first-order chi connectivity index (χ1) is 19.4. The summed E-state index contributed by atoms with van der Waals surface area (Å²) >= 11 is 1.15. The van der Waals surface area contributed by atoms with E-state index in [1.165, 1.54) is 4.57 Å². The third-order valence-electron chi connectivity index (χ3n) is 6.47. The molecule has 1 aliphatic rings. The average Bonchev–Trinajstić information content (AvgIpc) is 3.29. The van der Waals surface area contributed by atoms with Crippen molar-refractivity contribution in [1.82, 2.24) is 4.57 Å². The molecule has 1 amide bonds. The number of esters is 1. The zero-order chi connectivity index (χ0) is 28.2. The van der Waals surface area contributed by atoms with Crippen molar-refractivity contribution in [2.45, 2.75) is 12.8 Å². The minimum atomic E-state index is -0.874. The highest BCUT2D eigenvalue weighted by Crippen LogP contribution is 2.37. The molecule has 0 saturated carbocycles. The molecular weight excluding hydrogens is 526 g/mol. The van der Waals surface area contributed by atoms with Crippen LogP contribution in [-0.4, -0.2) is 30.2 Å². The largest absolute Gasteiger partial charge is 0.497 e. The number of fused-ring (bicyclic) bond motifs is 1. The van der Waals surface area contributed by atoms with Crippen molar-refractivity contribution in [3.63, 3.8) is 0 Å². The number of hydrogen-bond acceptors (Lipinski definition) is 7. The molecule has 0 fully saturated rings. The van der Waals surface area contributed by atoms with Gasteiger partial charge in [0.15, 0.2) is 0 Å². The van der Waals surface area contributed by atoms with E-state index in [1.54, 1.807) is 44.4 Å². The van der Waals surface area contributed by atoms with Crippen molar-refractivity contribution in [2.24, 2.45) is 5.73 Å². The highest BCUT2D eigenvalue weighted by Gasteiger charge is 2.39. The fraction of sp³-hybridized carbons (Fsp3) is 0.129. The molecule has 3 aromatic carbocycles. The molecule has 1 atom stereocenters. The van der Waals surface area contributed by atoms with Gasteiger partial charge in [0.1, 0.15) is 16.2 Å². The van der Waals surface area contributed by atoms with E-state index in [0.29, 0.717) is 26.2 Å². The lowest BCUT2D eigenvalue weighted by molar-refractivity contribution is -0.138. The molecule has 8 nitrogen and oxygen atoms in total. The fourth-order valence-electron chi connectivity index (χ4n) is 4.63. The Kier molecular flexibility index (Phi) is 7.65. The van der Waals surface area contributed by atoms with Crippen molar-refractivity contribution in [3.05, 3.63) is 121 Å². The number of ether oxygens (including phenoxy) is 2. The molecule has 0 spiro atoms. The maximum absolute atomic E-state index is 14.1. The predicted octanol–water partition coefficient (Wildman–Crippen LogP) is 3.02. The summed E-state index contributed by atoms with van der Waals surface area (Å²) in [6.07, 6.45) is 1.74. The molecule has 0 saturated heterocycles. The molecule has 5 rings (SSSR count). The lowest BCUT2D eigenvalue weighted by Crippen LogP contribution is -2.42. The second-order valence-electron chi connectivity index (χ2n) is 8.93. The molecule has 4 aromatic rings. The van der Waals surface area contributed by atoms with Crippen LogP contribution in [0.15, 0.2) is 95.3 Å². The van der Waals surface area contributed by atoms with Crippen LogP contribution >= 0.6 is 11.3 Å². The smallest absolute Gasteiger partial charge is 0.338 e. The Morgan fingerprint density at radius 3 is 2.25 bits per heavy atom. The van der Waals surface area contributed by atoms with Crippen LogP contribution in [0.4, 0.5) is 5.69 Å². The molecule has 3 N–H and O–H groups in total. The van der Waals surface area contributed by atoms with E-state index in [1.807, 2.05) is 60.7 Å². The molecule has 1 aliphatic heterocycles. The minimum Gasteiger partial charge on any atom is -0.497 e. The normalized spacial score (nSPS) is 15.0. The third kappa shape index (κ3) is 5.06. The number of nitrogens with one attached hydrogen (secondary N) is 1. The maximum atomic E-state index is 14.1. The topological polar surface area (TPSA) is 113 Å². The number of carbonyl (C=O) groups is 2. The van der Waals surface area contributed by atoms with Crippen molar-refractivity contribution in [3.8, 4) is 5.75 Å². The van der Waals surface area contributed by atoms with Gasteiger partial charge in [-0.3, -0.25) is 14.2 Å². The predicted molar refractivity (Wildman–Crippen MR) is 156 cm³/mol. The lowest BCUT2D eigenvalue weighted by Gasteiger charge is -2.27. The number of hydrogen-bond donors (Lipinski definition) is 2. The first kappa shape index (κ1) is 26.7. The van der Waals surface area contributed by atoms with Gasteiger partial charge in [-0.1, -0.05) is 60.7 Å². The maximum Gasteiger partial charge on any atom is 0.338 e. The summed E-state index contributed by atoms with van der Waals surface area (Å²) in [6, 6.07) is 25.4. The first-order valence-corrected chi connectivity index (χ1v) is 13.4. The summed E-state index contributed by atoms with van der Waals surface area (Å²) in [6.45, 7) is 1.79. The van der Waals surface area contributed by atoms with E-state index in [9.17, 15) is 14.4 Å². The zero-order valence-corrected chi connectivity index (χ0v) is 22.7. The van der Waals surface area contributed by atoms with Gasteiger partial charge in [0.25, 0.3) is 11.5 Å². The van der Waals surface area contributed by atoms with Gasteiger partial charge in [-0.25, -0.2) is 4.79 Å². The van der Waals surface area contributed by atoms with Crippen molar-refractivity contribution < 1.29 is 19.1 Å². The average molecular weight is 554 g/mol. The Bertz CT molecular complexity index is 1770. The SMILES string of the molecule is CCOC(=O)C1=C(N)n2c(s/c(=C\c3ccccc3)c2=O)=C(C(=O)Nc2ccc(OC)cc2)C1c1ccccc1. The summed E-state index contributed by atoms with van der Waals surface area (Å²) in [7, 11) is 1.56. The summed E-state index contributed by atoms with van der Waals surface area (Å²) in [5.74, 6) is -1.46. The summed E-state index contributed by atoms with van der Waals surface area (Å²) in [5.41, 5.74) is 8.40. The molecule has 0 aliphatic carbocycles. The lowest BCUT2D eigenvalue weighted by atomic mass is 9.82. The van der Waals surface area contributed by atoms with E-state index in [0.717, 1.165) is 16.9 Å². The number of amides is 1. The van der Waals surface area contributed by atoms with Crippen LogP contribution in [0.5, 0.6) is 5.75 Å². The van der Waals surface area contributed by atoms with Gasteiger partial charge in [-0.05, 0) is 48.4 Å². The van der Waals surface area contributed by atoms with E-state index in [4.69, 9.17) is 15.2 Å².